The van der Waals surface area contributed by atoms with E-state index in [1.54, 1.807) is 6.07 Å². The topological polar surface area (TPSA) is 66.9 Å². The average Bonchev–Trinajstić information content (AvgIpc) is 2.49. The van der Waals surface area contributed by atoms with E-state index in [0.717, 1.165) is 16.7 Å². The Morgan fingerprint density at radius 1 is 1.29 bits per heavy atom. The summed E-state index contributed by atoms with van der Waals surface area (Å²) in [6, 6.07) is 13.0. The highest BCUT2D eigenvalue weighted by molar-refractivity contribution is 6.14. The number of hydrogen-bond donors (Lipinski definition) is 2. The minimum atomic E-state index is -0.0268. The number of nitrogens with two attached hydrogens (primary N) is 1. The zero-order valence-electron chi connectivity index (χ0n) is 12.0. The normalized spacial score (nSPS) is 10.1. The first-order valence-electron chi connectivity index (χ1n) is 6.71. The minimum absolute atomic E-state index is 0.0268. The lowest BCUT2D eigenvalue weighted by atomic mass is 9.95. The van der Waals surface area contributed by atoms with Gasteiger partial charge >= 0.3 is 0 Å². The molecule has 0 spiro atoms. The summed E-state index contributed by atoms with van der Waals surface area (Å²) in [5.74, 6) is -0.0268. The standard InChI is InChI=1S/C18H18N2O/c1-3-15(21)11-14-10-13(9-8-12(14)2)18(20)16-6-4-5-7-17(16)19/h3-10,20H,1,11,19H2,2H3. The molecule has 0 radical (unpaired) electrons. The van der Waals surface area contributed by atoms with Crippen molar-refractivity contribution in [2.75, 3.05) is 5.73 Å². The molecule has 2 rings (SSSR count). The first-order valence-corrected chi connectivity index (χ1v) is 6.71. The highest BCUT2D eigenvalue weighted by Gasteiger charge is 2.11. The molecule has 0 aromatic heterocycles. The van der Waals surface area contributed by atoms with Crippen LogP contribution in [0, 0.1) is 12.3 Å². The van der Waals surface area contributed by atoms with Crippen molar-refractivity contribution < 1.29 is 4.79 Å². The molecule has 0 heterocycles. The Kier molecular flexibility index (Phi) is 4.33. The lowest BCUT2D eigenvalue weighted by Crippen LogP contribution is -2.07. The van der Waals surface area contributed by atoms with Gasteiger partial charge in [-0.05, 0) is 36.3 Å². The summed E-state index contributed by atoms with van der Waals surface area (Å²) in [5, 5.41) is 8.32. The Hall–Kier alpha value is -2.68. The van der Waals surface area contributed by atoms with Crippen LogP contribution in [0.3, 0.4) is 0 Å². The number of ketones is 1. The number of anilines is 1. The van der Waals surface area contributed by atoms with Crippen molar-refractivity contribution in [1.82, 2.24) is 0 Å². The Morgan fingerprint density at radius 2 is 2.00 bits per heavy atom. The number of allylic oxidation sites excluding steroid dienone is 1. The van der Waals surface area contributed by atoms with Crippen LogP contribution in [0.2, 0.25) is 0 Å². The Morgan fingerprint density at radius 3 is 2.67 bits per heavy atom. The fourth-order valence-electron chi connectivity index (χ4n) is 2.16. The van der Waals surface area contributed by atoms with Crippen LogP contribution in [0.1, 0.15) is 22.3 Å². The van der Waals surface area contributed by atoms with Crippen LogP contribution in [0.5, 0.6) is 0 Å². The molecular formula is C18H18N2O. The molecule has 106 valence electrons. The van der Waals surface area contributed by atoms with Gasteiger partial charge in [-0.25, -0.2) is 0 Å². The first kappa shape index (κ1) is 14.7. The molecule has 0 saturated heterocycles. The number of nitrogen functional groups attached to an aromatic ring is 1. The zero-order valence-corrected chi connectivity index (χ0v) is 12.0. The molecule has 0 aliphatic carbocycles. The average molecular weight is 278 g/mol. The van der Waals surface area contributed by atoms with Gasteiger partial charge in [-0.2, -0.15) is 0 Å². The van der Waals surface area contributed by atoms with Crippen molar-refractivity contribution in [2.45, 2.75) is 13.3 Å². The predicted molar refractivity (Wildman–Crippen MR) is 86.9 cm³/mol. The van der Waals surface area contributed by atoms with Crippen molar-refractivity contribution in [2.24, 2.45) is 0 Å². The van der Waals surface area contributed by atoms with Crippen LogP contribution < -0.4 is 5.73 Å². The number of hydrogen-bond acceptors (Lipinski definition) is 3. The maximum atomic E-state index is 11.5. The lowest BCUT2D eigenvalue weighted by Gasteiger charge is -2.11. The van der Waals surface area contributed by atoms with Gasteiger partial charge < -0.3 is 5.73 Å². The Bertz CT molecular complexity index is 717. The summed E-state index contributed by atoms with van der Waals surface area (Å²) < 4.78 is 0. The highest BCUT2D eigenvalue weighted by Crippen LogP contribution is 2.19. The summed E-state index contributed by atoms with van der Waals surface area (Å²) in [7, 11) is 0. The van der Waals surface area contributed by atoms with Gasteiger partial charge in [-0.1, -0.05) is 36.9 Å². The first-order chi connectivity index (χ1) is 10.0. The fourth-order valence-corrected chi connectivity index (χ4v) is 2.16. The van der Waals surface area contributed by atoms with E-state index in [1.807, 2.05) is 43.3 Å². The molecule has 2 aromatic rings. The van der Waals surface area contributed by atoms with Crippen molar-refractivity contribution >= 4 is 17.2 Å². The largest absolute Gasteiger partial charge is 0.398 e. The maximum absolute atomic E-state index is 11.5. The second-order valence-electron chi connectivity index (χ2n) is 4.95. The van der Waals surface area contributed by atoms with E-state index in [1.165, 1.54) is 6.08 Å². The molecule has 0 fully saturated rings. The van der Waals surface area contributed by atoms with Crippen molar-refractivity contribution in [3.63, 3.8) is 0 Å². The third-order valence-electron chi connectivity index (χ3n) is 3.46. The molecule has 2 aromatic carbocycles. The number of benzene rings is 2. The lowest BCUT2D eigenvalue weighted by molar-refractivity contribution is -0.114. The van der Waals surface area contributed by atoms with Gasteiger partial charge in [0.1, 0.15) is 0 Å². The molecule has 0 atom stereocenters. The highest BCUT2D eigenvalue weighted by atomic mass is 16.1. The van der Waals surface area contributed by atoms with E-state index < -0.39 is 0 Å². The number of carbonyl (C=O) groups excluding carboxylic acids is 1. The van der Waals surface area contributed by atoms with Crippen molar-refractivity contribution in [3.8, 4) is 0 Å². The van der Waals surface area contributed by atoms with Crippen LogP contribution in [0.25, 0.3) is 0 Å². The van der Waals surface area contributed by atoms with Crippen LogP contribution in [0.4, 0.5) is 5.69 Å². The second kappa shape index (κ2) is 6.18. The summed E-state index contributed by atoms with van der Waals surface area (Å²) >= 11 is 0. The van der Waals surface area contributed by atoms with Crippen LogP contribution >= 0.6 is 0 Å². The molecule has 0 amide bonds. The molecule has 0 unspecified atom stereocenters. The summed E-state index contributed by atoms with van der Waals surface area (Å²) in [5.41, 5.74) is 10.3. The third kappa shape index (κ3) is 3.26. The number of carbonyl (C=O) groups is 1. The minimum Gasteiger partial charge on any atom is -0.398 e. The Balaban J connectivity index is 2.39. The molecule has 0 bridgehead atoms. The fraction of sp³-hybridized carbons (Fsp3) is 0.111. The van der Waals surface area contributed by atoms with Gasteiger partial charge in [0.2, 0.25) is 0 Å². The molecule has 0 aliphatic heterocycles. The summed E-state index contributed by atoms with van der Waals surface area (Å²) in [4.78, 5) is 11.5. The molecule has 3 N–H and O–H groups in total. The zero-order chi connectivity index (χ0) is 15.4. The Labute approximate surface area is 124 Å². The van der Waals surface area contributed by atoms with E-state index in [4.69, 9.17) is 11.1 Å². The van der Waals surface area contributed by atoms with Gasteiger partial charge in [-0.15, -0.1) is 0 Å². The summed E-state index contributed by atoms with van der Waals surface area (Å²) in [6.45, 7) is 5.45. The van der Waals surface area contributed by atoms with E-state index in [2.05, 4.69) is 6.58 Å². The van der Waals surface area contributed by atoms with E-state index in [-0.39, 0.29) is 5.78 Å². The number of rotatable bonds is 5. The SMILES string of the molecule is C=CC(=O)Cc1cc(C(=N)c2ccccc2N)ccc1C. The maximum Gasteiger partial charge on any atom is 0.159 e. The molecule has 3 heteroatoms. The van der Waals surface area contributed by atoms with Gasteiger partial charge in [0, 0.05) is 23.2 Å². The van der Waals surface area contributed by atoms with E-state index in [0.29, 0.717) is 23.4 Å². The number of para-hydroxylation sites is 1. The van der Waals surface area contributed by atoms with Crippen LogP contribution in [-0.4, -0.2) is 11.5 Å². The van der Waals surface area contributed by atoms with Crippen LogP contribution in [0.15, 0.2) is 55.1 Å². The molecule has 0 aliphatic rings. The van der Waals surface area contributed by atoms with Crippen LogP contribution in [-0.2, 0) is 11.2 Å². The second-order valence-corrected chi connectivity index (χ2v) is 4.95. The quantitative estimate of drug-likeness (QED) is 0.500. The van der Waals surface area contributed by atoms with Gasteiger partial charge in [0.25, 0.3) is 0 Å². The summed E-state index contributed by atoms with van der Waals surface area (Å²) in [6.07, 6.45) is 1.63. The number of aryl methyl sites for hydroxylation is 1. The van der Waals surface area contributed by atoms with Gasteiger partial charge in [-0.3, -0.25) is 10.2 Å². The predicted octanol–water partition coefficient (Wildman–Crippen LogP) is 3.29. The third-order valence-corrected chi connectivity index (χ3v) is 3.46. The van der Waals surface area contributed by atoms with Crippen molar-refractivity contribution in [1.29, 1.82) is 5.41 Å². The molecule has 3 nitrogen and oxygen atoms in total. The molecule has 0 saturated carbocycles. The van der Waals surface area contributed by atoms with Gasteiger partial charge in [0.15, 0.2) is 5.78 Å². The van der Waals surface area contributed by atoms with Crippen molar-refractivity contribution in [3.05, 3.63) is 77.4 Å². The van der Waals surface area contributed by atoms with E-state index in [9.17, 15) is 4.79 Å². The number of nitrogens with one attached hydrogen (secondary N) is 1. The van der Waals surface area contributed by atoms with E-state index >= 15 is 0 Å². The molecular weight excluding hydrogens is 260 g/mol. The smallest absolute Gasteiger partial charge is 0.159 e. The van der Waals surface area contributed by atoms with Gasteiger partial charge in [0.05, 0.1) is 5.71 Å². The monoisotopic (exact) mass is 278 g/mol. The molecule has 21 heavy (non-hydrogen) atoms.